The molecule has 0 saturated carbocycles. The molecule has 0 fully saturated rings. The van der Waals surface area contributed by atoms with Crippen LogP contribution in [0.4, 0.5) is 0 Å². The molecular formula is C12H12N2O2. The third kappa shape index (κ3) is 3.14. The number of hydrogen-bond acceptors (Lipinski definition) is 3. The summed E-state index contributed by atoms with van der Waals surface area (Å²) in [7, 11) is 0. The molecule has 1 aromatic rings. The van der Waals surface area contributed by atoms with Crippen LogP contribution in [0, 0.1) is 11.3 Å². The first-order valence-corrected chi connectivity index (χ1v) is 4.86. The van der Waals surface area contributed by atoms with Gasteiger partial charge < -0.3 is 10.4 Å². The van der Waals surface area contributed by atoms with Gasteiger partial charge in [0.15, 0.2) is 0 Å². The van der Waals surface area contributed by atoms with Crippen molar-refractivity contribution in [1.82, 2.24) is 5.32 Å². The molecule has 0 atom stereocenters. The Hall–Kier alpha value is -2.28. The fraction of sp³-hybridized carbons (Fsp3) is 0.167. The van der Waals surface area contributed by atoms with Crippen molar-refractivity contribution in [3.05, 3.63) is 35.4 Å². The molecule has 0 bridgehead atoms. The first-order chi connectivity index (χ1) is 7.67. The number of carbonyl (C=O) groups is 1. The lowest BCUT2D eigenvalue weighted by atomic mass is 10.1. The summed E-state index contributed by atoms with van der Waals surface area (Å²) in [6.07, 6.45) is 1.44. The van der Waals surface area contributed by atoms with Crippen LogP contribution in [-0.2, 0) is 4.79 Å². The molecule has 0 heterocycles. The van der Waals surface area contributed by atoms with Gasteiger partial charge in [-0.15, -0.1) is 0 Å². The number of aromatic hydroxyl groups is 1. The minimum absolute atomic E-state index is 0.0208. The van der Waals surface area contributed by atoms with Crippen LogP contribution in [0.1, 0.15) is 12.5 Å². The van der Waals surface area contributed by atoms with E-state index in [2.05, 4.69) is 5.32 Å². The highest BCUT2D eigenvalue weighted by atomic mass is 16.3. The van der Waals surface area contributed by atoms with E-state index in [1.807, 2.05) is 6.07 Å². The summed E-state index contributed by atoms with van der Waals surface area (Å²) < 4.78 is 0. The fourth-order valence-electron chi connectivity index (χ4n) is 1.19. The van der Waals surface area contributed by atoms with E-state index in [4.69, 9.17) is 5.26 Å². The van der Waals surface area contributed by atoms with E-state index in [1.165, 1.54) is 18.2 Å². The highest BCUT2D eigenvalue weighted by Crippen LogP contribution is 2.13. The van der Waals surface area contributed by atoms with Crippen LogP contribution in [0.25, 0.3) is 6.08 Å². The molecule has 0 aliphatic rings. The first kappa shape index (κ1) is 11.8. The highest BCUT2D eigenvalue weighted by Gasteiger charge is 2.06. The molecule has 0 radical (unpaired) electrons. The van der Waals surface area contributed by atoms with Crippen LogP contribution in [0.3, 0.4) is 0 Å². The quantitative estimate of drug-likeness (QED) is 0.593. The van der Waals surface area contributed by atoms with Crippen LogP contribution in [0.5, 0.6) is 5.75 Å². The Balaban J connectivity index is 2.97. The molecule has 2 N–H and O–H groups in total. The molecule has 16 heavy (non-hydrogen) atoms. The number of carbonyl (C=O) groups excluding carboxylic acids is 1. The maximum atomic E-state index is 11.4. The fourth-order valence-corrected chi connectivity index (χ4v) is 1.19. The van der Waals surface area contributed by atoms with Crippen molar-refractivity contribution >= 4 is 12.0 Å². The van der Waals surface area contributed by atoms with Crippen LogP contribution < -0.4 is 5.32 Å². The molecule has 0 aliphatic heterocycles. The monoisotopic (exact) mass is 216 g/mol. The molecule has 1 amide bonds. The number of nitrogens with zero attached hydrogens (tertiary/aromatic N) is 1. The molecule has 4 nitrogen and oxygen atoms in total. The number of likely N-dealkylation sites (N-methyl/N-ethyl adjacent to an activating group) is 1. The summed E-state index contributed by atoms with van der Waals surface area (Å²) >= 11 is 0. The largest absolute Gasteiger partial charge is 0.508 e. The van der Waals surface area contributed by atoms with Gasteiger partial charge in [0.25, 0.3) is 5.91 Å². The summed E-state index contributed by atoms with van der Waals surface area (Å²) in [6.45, 7) is 2.25. The lowest BCUT2D eigenvalue weighted by Crippen LogP contribution is -2.23. The van der Waals surface area contributed by atoms with E-state index in [0.717, 1.165) is 0 Å². The number of nitriles is 1. The van der Waals surface area contributed by atoms with Crippen LogP contribution in [0.2, 0.25) is 0 Å². The van der Waals surface area contributed by atoms with Gasteiger partial charge in [-0.1, -0.05) is 12.1 Å². The third-order valence-corrected chi connectivity index (χ3v) is 1.88. The molecule has 0 aromatic heterocycles. The summed E-state index contributed by atoms with van der Waals surface area (Å²) in [4.78, 5) is 11.4. The van der Waals surface area contributed by atoms with Crippen molar-refractivity contribution in [2.45, 2.75) is 6.92 Å². The topological polar surface area (TPSA) is 73.1 Å². The first-order valence-electron chi connectivity index (χ1n) is 4.86. The van der Waals surface area contributed by atoms with E-state index in [-0.39, 0.29) is 11.3 Å². The van der Waals surface area contributed by atoms with Crippen molar-refractivity contribution in [1.29, 1.82) is 5.26 Å². The van der Waals surface area contributed by atoms with Gasteiger partial charge in [-0.3, -0.25) is 4.79 Å². The Morgan fingerprint density at radius 1 is 1.62 bits per heavy atom. The number of hydrogen-bond donors (Lipinski definition) is 2. The van der Waals surface area contributed by atoms with Gasteiger partial charge in [-0.05, 0) is 30.7 Å². The zero-order chi connectivity index (χ0) is 12.0. The summed E-state index contributed by atoms with van der Waals surface area (Å²) in [5, 5.41) is 20.6. The molecule has 0 saturated heterocycles. The van der Waals surface area contributed by atoms with Crippen molar-refractivity contribution < 1.29 is 9.90 Å². The zero-order valence-electron chi connectivity index (χ0n) is 8.90. The predicted octanol–water partition coefficient (Wildman–Crippen LogP) is 1.44. The SMILES string of the molecule is CCNC(=O)/C(C#N)=C/c1cccc(O)c1. The van der Waals surface area contributed by atoms with Gasteiger partial charge in [0.1, 0.15) is 17.4 Å². The molecule has 0 aliphatic carbocycles. The van der Waals surface area contributed by atoms with E-state index in [0.29, 0.717) is 12.1 Å². The van der Waals surface area contributed by atoms with Crippen LogP contribution >= 0.6 is 0 Å². The van der Waals surface area contributed by atoms with E-state index in [1.54, 1.807) is 19.1 Å². The Labute approximate surface area is 93.8 Å². The number of amides is 1. The number of phenolic OH excluding ortho intramolecular Hbond substituents is 1. The highest BCUT2D eigenvalue weighted by molar-refractivity contribution is 6.01. The third-order valence-electron chi connectivity index (χ3n) is 1.88. The molecule has 82 valence electrons. The van der Waals surface area contributed by atoms with E-state index in [9.17, 15) is 9.90 Å². The summed E-state index contributed by atoms with van der Waals surface area (Å²) in [5.41, 5.74) is 0.634. The lowest BCUT2D eigenvalue weighted by Gasteiger charge is -2.00. The maximum absolute atomic E-state index is 11.4. The minimum atomic E-state index is -0.409. The summed E-state index contributed by atoms with van der Waals surface area (Å²) in [6, 6.07) is 8.18. The average molecular weight is 216 g/mol. The second-order valence-electron chi connectivity index (χ2n) is 3.12. The van der Waals surface area contributed by atoms with Crippen molar-refractivity contribution in [2.75, 3.05) is 6.54 Å². The van der Waals surface area contributed by atoms with Gasteiger partial charge in [0.05, 0.1) is 0 Å². The molecule has 1 aromatic carbocycles. The van der Waals surface area contributed by atoms with E-state index < -0.39 is 5.91 Å². The number of phenols is 1. The zero-order valence-corrected chi connectivity index (χ0v) is 8.90. The molecule has 0 spiro atoms. The normalized spacial score (nSPS) is 10.6. The molecule has 0 unspecified atom stereocenters. The average Bonchev–Trinajstić information content (AvgIpc) is 2.26. The molecular weight excluding hydrogens is 204 g/mol. The van der Waals surface area contributed by atoms with Gasteiger partial charge >= 0.3 is 0 Å². The Bertz CT molecular complexity index is 458. The molecule has 4 heteroatoms. The van der Waals surface area contributed by atoms with Gasteiger partial charge in [0, 0.05) is 6.54 Å². The Kier molecular flexibility index (Phi) is 4.10. The smallest absolute Gasteiger partial charge is 0.261 e. The standard InChI is InChI=1S/C12H12N2O2/c1-2-14-12(16)10(8-13)6-9-4-3-5-11(15)7-9/h3-7,15H,2H2,1H3,(H,14,16)/b10-6+. The van der Waals surface area contributed by atoms with Crippen molar-refractivity contribution in [2.24, 2.45) is 0 Å². The van der Waals surface area contributed by atoms with Crippen LogP contribution in [-0.4, -0.2) is 17.6 Å². The molecule has 1 rings (SSSR count). The lowest BCUT2D eigenvalue weighted by molar-refractivity contribution is -0.116. The van der Waals surface area contributed by atoms with Crippen LogP contribution in [0.15, 0.2) is 29.8 Å². The number of rotatable bonds is 3. The van der Waals surface area contributed by atoms with Gasteiger partial charge in [-0.2, -0.15) is 5.26 Å². The van der Waals surface area contributed by atoms with Crippen molar-refractivity contribution in [3.8, 4) is 11.8 Å². The number of benzene rings is 1. The van der Waals surface area contributed by atoms with E-state index >= 15 is 0 Å². The Morgan fingerprint density at radius 2 is 2.38 bits per heavy atom. The van der Waals surface area contributed by atoms with Crippen molar-refractivity contribution in [3.63, 3.8) is 0 Å². The Morgan fingerprint density at radius 3 is 2.94 bits per heavy atom. The second kappa shape index (κ2) is 5.56. The number of nitrogens with one attached hydrogen (secondary N) is 1. The summed E-state index contributed by atoms with van der Waals surface area (Å²) in [5.74, 6) is -0.310. The minimum Gasteiger partial charge on any atom is -0.508 e. The van der Waals surface area contributed by atoms with Gasteiger partial charge in [0.2, 0.25) is 0 Å². The van der Waals surface area contributed by atoms with Gasteiger partial charge in [-0.25, -0.2) is 0 Å². The predicted molar refractivity (Wildman–Crippen MR) is 60.4 cm³/mol. The maximum Gasteiger partial charge on any atom is 0.261 e. The second-order valence-corrected chi connectivity index (χ2v) is 3.12.